The average Bonchev–Trinajstić information content (AvgIpc) is 2.81. The molecule has 1 aliphatic heterocycles. The second-order valence-electron chi connectivity index (χ2n) is 6.23. The van der Waals surface area contributed by atoms with Gasteiger partial charge in [-0.3, -0.25) is 4.90 Å². The molecule has 0 radical (unpaired) electrons. The Morgan fingerprint density at radius 3 is 2.70 bits per heavy atom. The van der Waals surface area contributed by atoms with Crippen molar-refractivity contribution in [2.75, 3.05) is 6.54 Å². The normalized spacial score (nSPS) is 19.1. The lowest BCUT2D eigenvalue weighted by Crippen LogP contribution is -2.37. The van der Waals surface area contributed by atoms with Gasteiger partial charge >= 0.3 is 0 Å². The second kappa shape index (κ2) is 4.93. The van der Waals surface area contributed by atoms with Gasteiger partial charge in [0, 0.05) is 10.4 Å². The van der Waals surface area contributed by atoms with Gasteiger partial charge in [-0.05, 0) is 52.6 Å². The molecule has 0 amide bonds. The van der Waals surface area contributed by atoms with E-state index < -0.39 is 0 Å². The molecule has 0 aromatic carbocycles. The number of fused-ring (bicyclic) bond motifs is 1. The van der Waals surface area contributed by atoms with E-state index in [1.165, 1.54) is 23.3 Å². The third-order valence-corrected chi connectivity index (χ3v) is 5.81. The quantitative estimate of drug-likeness (QED) is 0.773. The van der Waals surface area contributed by atoms with Crippen LogP contribution < -0.4 is 0 Å². The summed E-state index contributed by atoms with van der Waals surface area (Å²) >= 11 is 8.09. The molecule has 20 heavy (non-hydrogen) atoms. The van der Waals surface area contributed by atoms with Crippen LogP contribution in [0.1, 0.15) is 43.0 Å². The van der Waals surface area contributed by atoms with Gasteiger partial charge in [-0.25, -0.2) is 9.97 Å². The molecule has 1 aliphatic rings. The van der Waals surface area contributed by atoms with E-state index in [-0.39, 0.29) is 5.54 Å². The zero-order valence-corrected chi connectivity index (χ0v) is 14.0. The Balaban J connectivity index is 1.97. The van der Waals surface area contributed by atoms with Crippen molar-refractivity contribution in [2.24, 2.45) is 0 Å². The van der Waals surface area contributed by atoms with Crippen LogP contribution >= 0.6 is 22.9 Å². The summed E-state index contributed by atoms with van der Waals surface area (Å²) in [5, 5.41) is 1.63. The van der Waals surface area contributed by atoms with E-state index in [9.17, 15) is 0 Å². The van der Waals surface area contributed by atoms with Crippen LogP contribution in [0.4, 0.5) is 0 Å². The molecule has 1 saturated heterocycles. The lowest BCUT2D eigenvalue weighted by Gasteiger charge is -2.30. The first kappa shape index (κ1) is 14.2. The molecule has 0 aliphatic carbocycles. The zero-order chi connectivity index (χ0) is 14.5. The fraction of sp³-hybridized carbons (Fsp3) is 0.600. The molecule has 3 rings (SSSR count). The van der Waals surface area contributed by atoms with Crippen molar-refractivity contribution < 1.29 is 0 Å². The first-order valence-electron chi connectivity index (χ1n) is 7.05. The fourth-order valence-electron chi connectivity index (χ4n) is 2.94. The molecule has 0 atom stereocenters. The molecular weight excluding hydrogens is 290 g/mol. The van der Waals surface area contributed by atoms with Gasteiger partial charge in [-0.15, -0.1) is 11.3 Å². The Bertz CT molecular complexity index is 663. The van der Waals surface area contributed by atoms with E-state index in [4.69, 9.17) is 16.6 Å². The van der Waals surface area contributed by atoms with E-state index >= 15 is 0 Å². The van der Waals surface area contributed by atoms with Gasteiger partial charge in [0.25, 0.3) is 0 Å². The van der Waals surface area contributed by atoms with Crippen LogP contribution in [0.5, 0.6) is 0 Å². The predicted molar refractivity (Wildman–Crippen MR) is 85.6 cm³/mol. The topological polar surface area (TPSA) is 29.0 Å². The van der Waals surface area contributed by atoms with Crippen molar-refractivity contribution in [3.8, 4) is 0 Å². The van der Waals surface area contributed by atoms with Gasteiger partial charge in [-0.1, -0.05) is 11.6 Å². The van der Waals surface area contributed by atoms with E-state index in [0.29, 0.717) is 5.15 Å². The molecule has 0 bridgehead atoms. The molecule has 2 aromatic heterocycles. The number of likely N-dealkylation sites (tertiary alicyclic amines) is 1. The zero-order valence-electron chi connectivity index (χ0n) is 12.5. The largest absolute Gasteiger partial charge is 0.291 e. The van der Waals surface area contributed by atoms with Gasteiger partial charge in [0.05, 0.1) is 11.9 Å². The number of hydrogen-bond acceptors (Lipinski definition) is 4. The van der Waals surface area contributed by atoms with Crippen LogP contribution in [0.15, 0.2) is 0 Å². The van der Waals surface area contributed by atoms with E-state index in [1.807, 2.05) is 0 Å². The van der Waals surface area contributed by atoms with E-state index in [2.05, 4.69) is 37.6 Å². The monoisotopic (exact) mass is 309 g/mol. The lowest BCUT2D eigenvalue weighted by atomic mass is 10.0. The SMILES string of the molecule is Cc1sc2nc(CN3CCCC3(C)C)nc(Cl)c2c1C. The van der Waals surface area contributed by atoms with Crippen molar-refractivity contribution in [1.82, 2.24) is 14.9 Å². The second-order valence-corrected chi connectivity index (χ2v) is 7.79. The summed E-state index contributed by atoms with van der Waals surface area (Å²) in [7, 11) is 0. The predicted octanol–water partition coefficient (Wildman–Crippen LogP) is 4.34. The molecule has 5 heteroatoms. The summed E-state index contributed by atoms with van der Waals surface area (Å²) in [5.74, 6) is 0.846. The minimum absolute atomic E-state index is 0.242. The molecule has 3 heterocycles. The van der Waals surface area contributed by atoms with Crippen molar-refractivity contribution in [3.63, 3.8) is 0 Å². The third kappa shape index (κ3) is 2.34. The standard InChI is InChI=1S/C15H20ClN3S/c1-9-10(2)20-14-12(9)13(16)17-11(18-14)8-19-7-5-6-15(19,3)4/h5-8H2,1-4H3. The summed E-state index contributed by atoms with van der Waals surface area (Å²) in [5.41, 5.74) is 1.45. The molecule has 0 unspecified atom stereocenters. The van der Waals surface area contributed by atoms with Gasteiger partial charge in [0.2, 0.25) is 0 Å². The maximum absolute atomic E-state index is 6.37. The van der Waals surface area contributed by atoms with Crippen molar-refractivity contribution in [3.05, 3.63) is 21.4 Å². The highest BCUT2D eigenvalue weighted by Gasteiger charge is 2.32. The number of hydrogen-bond donors (Lipinski definition) is 0. The Kier molecular flexibility index (Phi) is 3.51. The number of thiophene rings is 1. The Labute approximate surface area is 129 Å². The number of aromatic nitrogens is 2. The number of rotatable bonds is 2. The third-order valence-electron chi connectivity index (χ3n) is 4.44. The van der Waals surface area contributed by atoms with Crippen LogP contribution in [0.3, 0.4) is 0 Å². The molecule has 0 N–H and O–H groups in total. The van der Waals surface area contributed by atoms with Crippen LogP contribution in [-0.4, -0.2) is 27.0 Å². The molecule has 1 fully saturated rings. The van der Waals surface area contributed by atoms with Gasteiger partial charge in [0.15, 0.2) is 0 Å². The number of aryl methyl sites for hydroxylation is 2. The minimum Gasteiger partial charge on any atom is -0.291 e. The summed E-state index contributed by atoms with van der Waals surface area (Å²) < 4.78 is 0. The van der Waals surface area contributed by atoms with E-state index in [0.717, 1.165) is 29.1 Å². The highest BCUT2D eigenvalue weighted by Crippen LogP contribution is 2.34. The molecule has 0 spiro atoms. The van der Waals surface area contributed by atoms with Crippen molar-refractivity contribution in [2.45, 2.75) is 52.6 Å². The molecule has 108 valence electrons. The number of nitrogens with zero attached hydrogens (tertiary/aromatic N) is 3. The molecule has 2 aromatic rings. The number of halogens is 1. The van der Waals surface area contributed by atoms with Gasteiger partial charge < -0.3 is 0 Å². The summed E-state index contributed by atoms with van der Waals surface area (Å²) in [4.78, 5) is 14.0. The van der Waals surface area contributed by atoms with Crippen molar-refractivity contribution in [1.29, 1.82) is 0 Å². The molecule has 3 nitrogen and oxygen atoms in total. The smallest absolute Gasteiger partial charge is 0.145 e. The highest BCUT2D eigenvalue weighted by molar-refractivity contribution is 7.18. The van der Waals surface area contributed by atoms with Crippen LogP contribution in [0.25, 0.3) is 10.2 Å². The highest BCUT2D eigenvalue weighted by atomic mass is 35.5. The van der Waals surface area contributed by atoms with Gasteiger partial charge in [-0.2, -0.15) is 0 Å². The Morgan fingerprint density at radius 2 is 2.05 bits per heavy atom. The van der Waals surface area contributed by atoms with Crippen LogP contribution in [-0.2, 0) is 6.54 Å². The molecule has 0 saturated carbocycles. The summed E-state index contributed by atoms with van der Waals surface area (Å²) in [6, 6.07) is 0. The molecular formula is C15H20ClN3S. The Hall–Kier alpha value is -0.710. The maximum atomic E-state index is 6.37. The first-order valence-corrected chi connectivity index (χ1v) is 8.25. The fourth-order valence-corrected chi connectivity index (χ4v) is 4.37. The first-order chi connectivity index (χ1) is 9.38. The van der Waals surface area contributed by atoms with Crippen molar-refractivity contribution >= 4 is 33.2 Å². The maximum Gasteiger partial charge on any atom is 0.145 e. The van der Waals surface area contributed by atoms with Crippen LogP contribution in [0, 0.1) is 13.8 Å². The van der Waals surface area contributed by atoms with Crippen LogP contribution in [0.2, 0.25) is 5.15 Å². The average molecular weight is 310 g/mol. The Morgan fingerprint density at radius 1 is 1.30 bits per heavy atom. The lowest BCUT2D eigenvalue weighted by molar-refractivity contribution is 0.162. The summed E-state index contributed by atoms with van der Waals surface area (Å²) in [6.45, 7) is 10.7. The van der Waals surface area contributed by atoms with Gasteiger partial charge in [0.1, 0.15) is 15.8 Å². The minimum atomic E-state index is 0.242. The summed E-state index contributed by atoms with van der Waals surface area (Å²) in [6.07, 6.45) is 2.49. The van der Waals surface area contributed by atoms with E-state index in [1.54, 1.807) is 11.3 Å².